The molecular formula is C12H25NO2. The van der Waals surface area contributed by atoms with Gasteiger partial charge in [0.05, 0.1) is 5.60 Å². The summed E-state index contributed by atoms with van der Waals surface area (Å²) < 4.78 is 0. The zero-order chi connectivity index (χ0) is 12.1. The van der Waals surface area contributed by atoms with Crippen LogP contribution in [0, 0.1) is 5.41 Å². The molecule has 0 saturated carbocycles. The maximum Gasteiger partial charge on any atom is 0.127 e. The Kier molecular flexibility index (Phi) is 5.46. The molecule has 0 radical (unpaired) electrons. The van der Waals surface area contributed by atoms with Crippen molar-refractivity contribution < 1.29 is 9.90 Å². The fourth-order valence-electron chi connectivity index (χ4n) is 1.57. The second-order valence-corrected chi connectivity index (χ2v) is 5.24. The highest BCUT2D eigenvalue weighted by atomic mass is 16.3. The van der Waals surface area contributed by atoms with Gasteiger partial charge < -0.3 is 9.90 Å². The summed E-state index contributed by atoms with van der Waals surface area (Å²) in [5, 5.41) is 9.73. The molecule has 0 bridgehead atoms. The molecule has 1 atom stereocenters. The average molecular weight is 215 g/mol. The van der Waals surface area contributed by atoms with Gasteiger partial charge in [0.1, 0.15) is 6.29 Å². The first kappa shape index (κ1) is 14.6. The summed E-state index contributed by atoms with van der Waals surface area (Å²) >= 11 is 0. The van der Waals surface area contributed by atoms with Gasteiger partial charge in [-0.25, -0.2) is 0 Å². The quantitative estimate of drug-likeness (QED) is 0.657. The molecule has 0 amide bonds. The number of aldehydes is 1. The van der Waals surface area contributed by atoms with Crippen LogP contribution in [0.3, 0.4) is 0 Å². The van der Waals surface area contributed by atoms with E-state index in [4.69, 9.17) is 0 Å². The van der Waals surface area contributed by atoms with E-state index < -0.39 is 5.60 Å². The molecule has 0 fully saturated rings. The van der Waals surface area contributed by atoms with Crippen LogP contribution in [0.1, 0.15) is 41.0 Å². The molecular weight excluding hydrogens is 190 g/mol. The lowest BCUT2D eigenvalue weighted by Crippen LogP contribution is -2.44. The maximum absolute atomic E-state index is 11.0. The Hall–Kier alpha value is -0.410. The minimum atomic E-state index is -0.701. The number of carbonyl (C=O) groups excluding carboxylic acids is 1. The van der Waals surface area contributed by atoms with E-state index in [0.717, 1.165) is 19.3 Å². The summed E-state index contributed by atoms with van der Waals surface area (Å²) in [7, 11) is 0. The third-order valence-corrected chi connectivity index (χ3v) is 2.73. The molecule has 0 aromatic rings. The summed E-state index contributed by atoms with van der Waals surface area (Å²) in [5.41, 5.74) is -0.991. The smallest absolute Gasteiger partial charge is 0.127 e. The van der Waals surface area contributed by atoms with E-state index >= 15 is 0 Å². The van der Waals surface area contributed by atoms with Crippen LogP contribution >= 0.6 is 0 Å². The van der Waals surface area contributed by atoms with Crippen LogP contribution in [-0.2, 0) is 4.79 Å². The molecule has 0 aliphatic rings. The van der Waals surface area contributed by atoms with Crippen molar-refractivity contribution in [3.63, 3.8) is 0 Å². The van der Waals surface area contributed by atoms with Gasteiger partial charge >= 0.3 is 0 Å². The van der Waals surface area contributed by atoms with Gasteiger partial charge in [0.2, 0.25) is 0 Å². The molecule has 90 valence electrons. The van der Waals surface area contributed by atoms with Gasteiger partial charge in [-0.1, -0.05) is 20.8 Å². The molecule has 1 unspecified atom stereocenters. The summed E-state index contributed by atoms with van der Waals surface area (Å²) in [6.07, 6.45) is 1.86. The minimum absolute atomic E-state index is 0.290. The number of carbonyl (C=O) groups is 1. The van der Waals surface area contributed by atoms with Crippen LogP contribution in [0.2, 0.25) is 0 Å². The third-order valence-electron chi connectivity index (χ3n) is 2.73. The Bertz CT molecular complexity index is 198. The fourth-order valence-corrected chi connectivity index (χ4v) is 1.57. The van der Waals surface area contributed by atoms with Crippen molar-refractivity contribution in [1.29, 1.82) is 0 Å². The molecule has 0 rings (SSSR count). The van der Waals surface area contributed by atoms with E-state index in [2.05, 4.69) is 4.90 Å². The second kappa shape index (κ2) is 5.61. The van der Waals surface area contributed by atoms with Crippen molar-refractivity contribution >= 4 is 6.29 Å². The fraction of sp³-hybridized carbons (Fsp3) is 0.917. The van der Waals surface area contributed by atoms with Crippen LogP contribution < -0.4 is 0 Å². The molecule has 3 nitrogen and oxygen atoms in total. The molecule has 0 aromatic heterocycles. The predicted molar refractivity (Wildman–Crippen MR) is 62.9 cm³/mol. The Balaban J connectivity index is 4.38. The van der Waals surface area contributed by atoms with Crippen molar-refractivity contribution in [2.45, 2.75) is 46.6 Å². The Morgan fingerprint density at radius 3 is 2.00 bits per heavy atom. The van der Waals surface area contributed by atoms with Crippen molar-refractivity contribution in [2.24, 2.45) is 5.41 Å². The van der Waals surface area contributed by atoms with Crippen LogP contribution in [0.4, 0.5) is 0 Å². The molecule has 0 aromatic carbocycles. The summed E-state index contributed by atoms with van der Waals surface area (Å²) in [6, 6.07) is 0. The van der Waals surface area contributed by atoms with Gasteiger partial charge in [-0.2, -0.15) is 0 Å². The highest BCUT2D eigenvalue weighted by Crippen LogP contribution is 2.20. The zero-order valence-corrected chi connectivity index (χ0v) is 10.7. The number of hydrogen-bond acceptors (Lipinski definition) is 3. The van der Waals surface area contributed by atoms with E-state index in [1.54, 1.807) is 13.8 Å². The van der Waals surface area contributed by atoms with Crippen LogP contribution in [0.5, 0.6) is 0 Å². The Labute approximate surface area is 93.5 Å². The Morgan fingerprint density at radius 1 is 1.20 bits per heavy atom. The molecule has 0 spiro atoms. The molecule has 0 heterocycles. The lowest BCUT2D eigenvalue weighted by molar-refractivity contribution is -0.117. The standard InChI is InChI=1S/C12H25NO2/c1-6-12(5,10-14)9-13(7-2)8-11(3,4)15/h10,15H,6-9H2,1-5H3. The molecule has 0 aliphatic carbocycles. The minimum Gasteiger partial charge on any atom is -0.389 e. The molecule has 15 heavy (non-hydrogen) atoms. The van der Waals surface area contributed by atoms with Gasteiger partial charge in [-0.05, 0) is 26.8 Å². The molecule has 0 aliphatic heterocycles. The van der Waals surface area contributed by atoms with Gasteiger partial charge in [0.25, 0.3) is 0 Å². The van der Waals surface area contributed by atoms with Gasteiger partial charge in [0, 0.05) is 18.5 Å². The van der Waals surface area contributed by atoms with E-state index in [0.29, 0.717) is 13.1 Å². The van der Waals surface area contributed by atoms with Crippen molar-refractivity contribution in [3.8, 4) is 0 Å². The number of likely N-dealkylation sites (N-methyl/N-ethyl adjacent to an activating group) is 1. The SMILES string of the molecule is CCN(CC(C)(C)O)CC(C)(C=O)CC. The van der Waals surface area contributed by atoms with Crippen molar-refractivity contribution in [2.75, 3.05) is 19.6 Å². The highest BCUT2D eigenvalue weighted by molar-refractivity contribution is 5.58. The van der Waals surface area contributed by atoms with Crippen LogP contribution in [0.15, 0.2) is 0 Å². The summed E-state index contributed by atoms with van der Waals surface area (Å²) in [4.78, 5) is 13.1. The summed E-state index contributed by atoms with van der Waals surface area (Å²) in [5.74, 6) is 0. The number of aliphatic hydroxyl groups is 1. The zero-order valence-electron chi connectivity index (χ0n) is 10.7. The number of hydrogen-bond donors (Lipinski definition) is 1. The average Bonchev–Trinajstić information content (AvgIpc) is 2.14. The van der Waals surface area contributed by atoms with Crippen molar-refractivity contribution in [3.05, 3.63) is 0 Å². The van der Waals surface area contributed by atoms with Gasteiger partial charge in [0.15, 0.2) is 0 Å². The number of rotatable bonds is 7. The normalized spacial score (nSPS) is 16.5. The van der Waals surface area contributed by atoms with Crippen molar-refractivity contribution in [1.82, 2.24) is 4.90 Å². The highest BCUT2D eigenvalue weighted by Gasteiger charge is 2.26. The topological polar surface area (TPSA) is 40.5 Å². The first-order valence-electron chi connectivity index (χ1n) is 5.67. The largest absolute Gasteiger partial charge is 0.389 e. The van der Waals surface area contributed by atoms with Gasteiger partial charge in [-0.15, -0.1) is 0 Å². The van der Waals surface area contributed by atoms with E-state index in [-0.39, 0.29) is 5.41 Å². The molecule has 1 N–H and O–H groups in total. The molecule has 3 heteroatoms. The van der Waals surface area contributed by atoms with Crippen LogP contribution in [0.25, 0.3) is 0 Å². The lowest BCUT2D eigenvalue weighted by Gasteiger charge is -2.33. The monoisotopic (exact) mass is 215 g/mol. The predicted octanol–water partition coefficient (Wildman–Crippen LogP) is 1.69. The molecule has 0 saturated heterocycles. The van der Waals surface area contributed by atoms with E-state index in [9.17, 15) is 9.90 Å². The van der Waals surface area contributed by atoms with Crippen LogP contribution in [-0.4, -0.2) is 41.5 Å². The van der Waals surface area contributed by atoms with E-state index in [1.165, 1.54) is 0 Å². The maximum atomic E-state index is 11.0. The second-order valence-electron chi connectivity index (χ2n) is 5.24. The number of nitrogens with zero attached hydrogens (tertiary/aromatic N) is 1. The summed E-state index contributed by atoms with van der Waals surface area (Å²) in [6.45, 7) is 11.8. The lowest BCUT2D eigenvalue weighted by atomic mass is 9.88. The van der Waals surface area contributed by atoms with Gasteiger partial charge in [-0.3, -0.25) is 4.90 Å². The third kappa shape index (κ3) is 5.90. The Morgan fingerprint density at radius 2 is 1.73 bits per heavy atom. The first-order chi connectivity index (χ1) is 6.76. The van der Waals surface area contributed by atoms with E-state index in [1.807, 2.05) is 20.8 Å². The first-order valence-corrected chi connectivity index (χ1v) is 5.67.